The van der Waals surface area contributed by atoms with Crippen LogP contribution >= 0.6 is 11.6 Å². The Morgan fingerprint density at radius 1 is 1.06 bits per heavy atom. The van der Waals surface area contributed by atoms with E-state index in [1.807, 2.05) is 12.1 Å². The number of halogens is 1. The van der Waals surface area contributed by atoms with Crippen molar-refractivity contribution in [3.05, 3.63) is 34.9 Å². The van der Waals surface area contributed by atoms with Crippen molar-refractivity contribution in [2.24, 2.45) is 0 Å². The van der Waals surface area contributed by atoms with Crippen molar-refractivity contribution in [2.45, 2.75) is 37.5 Å². The highest BCUT2D eigenvalue weighted by atomic mass is 35.5. The number of hydrogen-bond donors (Lipinski definition) is 2. The molecule has 3 aliphatic rings. The van der Waals surface area contributed by atoms with Crippen LogP contribution in [0.15, 0.2) is 24.3 Å². The van der Waals surface area contributed by atoms with Gasteiger partial charge in [-0.15, -0.1) is 10.2 Å². The molecule has 0 saturated carbocycles. The van der Waals surface area contributed by atoms with Crippen LogP contribution in [0.2, 0.25) is 5.02 Å². The summed E-state index contributed by atoms with van der Waals surface area (Å²) in [5, 5.41) is 8.86. The number of aromatic amines is 1. The van der Waals surface area contributed by atoms with Crippen molar-refractivity contribution in [3.63, 3.8) is 0 Å². The Kier molecular flexibility index (Phi) is 7.32. The molecule has 5 rings (SSSR count). The van der Waals surface area contributed by atoms with Gasteiger partial charge in [0, 0.05) is 56.4 Å². The molecule has 2 aromatic rings. The second-order valence-electron chi connectivity index (χ2n) is 9.30. The van der Waals surface area contributed by atoms with Crippen molar-refractivity contribution < 1.29 is 9.47 Å². The second-order valence-corrected chi connectivity index (χ2v) is 9.74. The minimum atomic E-state index is 0.233. The monoisotopic (exact) mass is 475 g/mol. The lowest BCUT2D eigenvalue weighted by Gasteiger charge is -2.47. The molecule has 0 amide bonds. The standard InChI is InChI=1S/C23H34ClN7O2/c24-18-3-1-17(2-4-18)13-20-16-33-21(14-29-9-11-32-12-10-29)15-31(20)19-5-7-30(8-6-19)23-26-22(25)27-28-23/h1-4,19-21H,5-16H2,(H3,25,26,27,28)/t20-,21-/m0/s1. The SMILES string of the molecule is Nc1nnc(N2CCC(N3C[C@H](CN4CCOCC4)OC[C@@H]3Cc3ccc(Cl)cc3)CC2)[nH]1. The molecule has 0 spiro atoms. The van der Waals surface area contributed by atoms with Crippen molar-refractivity contribution in [1.82, 2.24) is 25.0 Å². The maximum atomic E-state index is 6.41. The van der Waals surface area contributed by atoms with E-state index in [9.17, 15) is 0 Å². The van der Waals surface area contributed by atoms with Crippen LogP contribution in [0.5, 0.6) is 0 Å². The summed E-state index contributed by atoms with van der Waals surface area (Å²) in [4.78, 5) is 10.5. The van der Waals surface area contributed by atoms with Crippen molar-refractivity contribution in [2.75, 3.05) is 69.7 Å². The number of hydrogen-bond acceptors (Lipinski definition) is 8. The minimum absolute atomic E-state index is 0.233. The molecule has 10 heteroatoms. The van der Waals surface area contributed by atoms with Gasteiger partial charge in [0.25, 0.3) is 0 Å². The third-order valence-corrected chi connectivity index (χ3v) is 7.34. The summed E-state index contributed by atoms with van der Waals surface area (Å²) in [5.41, 5.74) is 7.03. The number of morpholine rings is 2. The van der Waals surface area contributed by atoms with Gasteiger partial charge in [-0.2, -0.15) is 0 Å². The van der Waals surface area contributed by atoms with Gasteiger partial charge in [-0.25, -0.2) is 0 Å². The van der Waals surface area contributed by atoms with Gasteiger partial charge < -0.3 is 20.1 Å². The van der Waals surface area contributed by atoms with Crippen LogP contribution in [0, 0.1) is 0 Å². The molecule has 3 saturated heterocycles. The molecular weight excluding hydrogens is 442 g/mol. The number of aromatic nitrogens is 3. The van der Waals surface area contributed by atoms with Gasteiger partial charge in [0.1, 0.15) is 0 Å². The topological polar surface area (TPSA) is 95.8 Å². The quantitative estimate of drug-likeness (QED) is 0.651. The number of nitrogens with two attached hydrogens (primary N) is 1. The summed E-state index contributed by atoms with van der Waals surface area (Å²) >= 11 is 6.11. The van der Waals surface area contributed by atoms with E-state index in [4.69, 9.17) is 26.8 Å². The van der Waals surface area contributed by atoms with Gasteiger partial charge in [0.2, 0.25) is 11.9 Å². The summed E-state index contributed by atoms with van der Waals surface area (Å²) in [5.74, 6) is 1.14. The van der Waals surface area contributed by atoms with Gasteiger partial charge in [-0.05, 0) is 37.0 Å². The number of benzene rings is 1. The van der Waals surface area contributed by atoms with Crippen molar-refractivity contribution >= 4 is 23.5 Å². The fourth-order valence-corrected chi connectivity index (χ4v) is 5.42. The van der Waals surface area contributed by atoms with E-state index in [0.29, 0.717) is 18.0 Å². The van der Waals surface area contributed by atoms with Crippen LogP contribution in [-0.4, -0.2) is 102 Å². The van der Waals surface area contributed by atoms with Crippen LogP contribution in [0.1, 0.15) is 18.4 Å². The molecule has 0 radical (unpaired) electrons. The third kappa shape index (κ3) is 5.78. The van der Waals surface area contributed by atoms with Crippen LogP contribution < -0.4 is 10.6 Å². The van der Waals surface area contributed by atoms with E-state index in [1.165, 1.54) is 5.56 Å². The summed E-state index contributed by atoms with van der Waals surface area (Å²) in [6, 6.07) is 9.12. The Balaban J connectivity index is 1.25. The van der Waals surface area contributed by atoms with Gasteiger partial charge in [0.15, 0.2) is 0 Å². The van der Waals surface area contributed by atoms with Crippen LogP contribution in [-0.2, 0) is 15.9 Å². The average molecular weight is 476 g/mol. The first-order chi connectivity index (χ1) is 16.1. The minimum Gasteiger partial charge on any atom is -0.379 e. The molecule has 180 valence electrons. The van der Waals surface area contributed by atoms with Gasteiger partial charge in [0.05, 0.1) is 25.9 Å². The maximum absolute atomic E-state index is 6.41. The summed E-state index contributed by atoms with van der Waals surface area (Å²) in [6.45, 7) is 8.21. The Morgan fingerprint density at radius 2 is 1.82 bits per heavy atom. The molecule has 1 aromatic carbocycles. The first kappa shape index (κ1) is 22.9. The Morgan fingerprint density at radius 3 is 2.52 bits per heavy atom. The molecule has 4 heterocycles. The van der Waals surface area contributed by atoms with Crippen LogP contribution in [0.3, 0.4) is 0 Å². The van der Waals surface area contributed by atoms with Gasteiger partial charge >= 0.3 is 0 Å². The molecule has 3 N–H and O–H groups in total. The van der Waals surface area contributed by atoms with E-state index in [2.05, 4.69) is 42.0 Å². The number of nitrogens with zero attached hydrogens (tertiary/aromatic N) is 5. The molecule has 3 fully saturated rings. The van der Waals surface area contributed by atoms with Gasteiger partial charge in [-0.1, -0.05) is 23.7 Å². The highest BCUT2D eigenvalue weighted by Gasteiger charge is 2.36. The number of piperidine rings is 1. The van der Waals surface area contributed by atoms with Crippen molar-refractivity contribution in [3.8, 4) is 0 Å². The zero-order valence-electron chi connectivity index (χ0n) is 19.0. The highest BCUT2D eigenvalue weighted by molar-refractivity contribution is 6.30. The number of nitrogen functional groups attached to an aromatic ring is 1. The molecule has 0 unspecified atom stereocenters. The first-order valence-corrected chi connectivity index (χ1v) is 12.4. The van der Waals surface area contributed by atoms with E-state index in [1.54, 1.807) is 0 Å². The fraction of sp³-hybridized carbons (Fsp3) is 0.652. The Hall–Kier alpha value is -1.91. The second kappa shape index (κ2) is 10.6. The normalized spacial score (nSPS) is 26.0. The molecule has 0 bridgehead atoms. The summed E-state index contributed by atoms with van der Waals surface area (Å²) in [7, 11) is 0. The summed E-state index contributed by atoms with van der Waals surface area (Å²) < 4.78 is 11.9. The number of nitrogens with one attached hydrogen (secondary N) is 1. The predicted molar refractivity (Wildman–Crippen MR) is 129 cm³/mol. The number of ether oxygens (including phenoxy) is 2. The fourth-order valence-electron chi connectivity index (χ4n) is 5.30. The average Bonchev–Trinajstić information content (AvgIpc) is 3.28. The number of rotatable bonds is 6. The Labute approximate surface area is 200 Å². The highest BCUT2D eigenvalue weighted by Crippen LogP contribution is 2.27. The lowest BCUT2D eigenvalue weighted by molar-refractivity contribution is -0.0973. The number of H-pyrrole nitrogens is 1. The third-order valence-electron chi connectivity index (χ3n) is 7.08. The molecule has 0 aliphatic carbocycles. The predicted octanol–water partition coefficient (Wildman–Crippen LogP) is 1.65. The number of anilines is 2. The van der Waals surface area contributed by atoms with E-state index >= 15 is 0 Å². The molecular formula is C23H34ClN7O2. The largest absolute Gasteiger partial charge is 0.379 e. The first-order valence-electron chi connectivity index (χ1n) is 12.0. The molecule has 33 heavy (non-hydrogen) atoms. The van der Waals surface area contributed by atoms with E-state index < -0.39 is 0 Å². The lowest BCUT2D eigenvalue weighted by atomic mass is 9.96. The van der Waals surface area contributed by atoms with Crippen LogP contribution in [0.25, 0.3) is 0 Å². The lowest BCUT2D eigenvalue weighted by Crippen LogP contribution is -2.59. The van der Waals surface area contributed by atoms with E-state index in [-0.39, 0.29) is 6.10 Å². The zero-order chi connectivity index (χ0) is 22.6. The van der Waals surface area contributed by atoms with Crippen LogP contribution in [0.4, 0.5) is 11.9 Å². The van der Waals surface area contributed by atoms with E-state index in [0.717, 1.165) is 89.3 Å². The van der Waals surface area contributed by atoms with Crippen molar-refractivity contribution in [1.29, 1.82) is 0 Å². The summed E-state index contributed by atoms with van der Waals surface area (Å²) in [6.07, 6.45) is 3.38. The Bertz CT molecular complexity index is 881. The zero-order valence-corrected chi connectivity index (χ0v) is 19.8. The van der Waals surface area contributed by atoms with Gasteiger partial charge in [-0.3, -0.25) is 14.8 Å². The molecule has 2 atom stereocenters. The maximum Gasteiger partial charge on any atom is 0.226 e. The molecule has 3 aliphatic heterocycles. The smallest absolute Gasteiger partial charge is 0.226 e. The molecule has 9 nitrogen and oxygen atoms in total. The molecule has 1 aromatic heterocycles.